The summed E-state index contributed by atoms with van der Waals surface area (Å²) in [5.41, 5.74) is 9.40. The van der Waals surface area contributed by atoms with Gasteiger partial charge in [-0.1, -0.05) is 48.9 Å². The molecular weight excluding hydrogens is 261 g/mol. The Balaban J connectivity index is 2.13. The van der Waals surface area contributed by atoms with E-state index in [1.54, 1.807) is 6.07 Å². The maximum atomic E-state index is 13.0. The van der Waals surface area contributed by atoms with Crippen LogP contribution in [-0.4, -0.2) is 0 Å². The average Bonchev–Trinajstić information content (AvgIpc) is 2.42. The average molecular weight is 278 g/mol. The fourth-order valence-corrected chi connectivity index (χ4v) is 2.29. The molecule has 2 aromatic rings. The molecule has 1 unspecified atom stereocenters. The first-order valence-electron chi connectivity index (χ1n) is 6.38. The highest BCUT2D eigenvalue weighted by molar-refractivity contribution is 6.31. The third-order valence-electron chi connectivity index (χ3n) is 3.27. The molecule has 1 nitrogen and oxygen atoms in total. The zero-order valence-electron chi connectivity index (χ0n) is 10.9. The Kier molecular flexibility index (Phi) is 4.56. The maximum Gasteiger partial charge on any atom is 0.124 e. The van der Waals surface area contributed by atoms with Gasteiger partial charge >= 0.3 is 0 Å². The van der Waals surface area contributed by atoms with Crippen LogP contribution in [0.5, 0.6) is 0 Å². The number of aryl methyl sites for hydroxylation is 1. The fraction of sp³-hybridized carbons (Fsp3) is 0.250. The van der Waals surface area contributed by atoms with E-state index in [-0.39, 0.29) is 11.9 Å². The molecule has 3 heteroatoms. The van der Waals surface area contributed by atoms with Gasteiger partial charge in [0.1, 0.15) is 5.82 Å². The monoisotopic (exact) mass is 277 g/mol. The molecule has 0 saturated heterocycles. The van der Waals surface area contributed by atoms with Crippen LogP contribution in [0.3, 0.4) is 0 Å². The van der Waals surface area contributed by atoms with E-state index in [1.165, 1.54) is 17.7 Å². The van der Waals surface area contributed by atoms with Gasteiger partial charge in [0.25, 0.3) is 0 Å². The highest BCUT2D eigenvalue weighted by Crippen LogP contribution is 2.23. The van der Waals surface area contributed by atoms with Crippen LogP contribution < -0.4 is 5.73 Å². The van der Waals surface area contributed by atoms with E-state index in [9.17, 15) is 4.39 Å². The molecule has 0 saturated carbocycles. The summed E-state index contributed by atoms with van der Waals surface area (Å²) in [6.45, 7) is 2.12. The number of rotatable bonds is 4. The van der Waals surface area contributed by atoms with Crippen LogP contribution in [0, 0.1) is 5.82 Å². The minimum atomic E-state index is -0.324. The first-order chi connectivity index (χ1) is 9.10. The van der Waals surface area contributed by atoms with E-state index in [1.807, 2.05) is 12.1 Å². The van der Waals surface area contributed by atoms with Crippen LogP contribution >= 0.6 is 11.6 Å². The van der Waals surface area contributed by atoms with Crippen molar-refractivity contribution in [2.45, 2.75) is 25.8 Å². The predicted octanol–water partition coefficient (Wildman–Crippen LogP) is 4.28. The molecule has 2 rings (SSSR count). The van der Waals surface area contributed by atoms with Crippen LogP contribution in [0.25, 0.3) is 0 Å². The first kappa shape index (κ1) is 14.0. The van der Waals surface area contributed by atoms with Crippen LogP contribution in [-0.2, 0) is 12.8 Å². The van der Waals surface area contributed by atoms with E-state index >= 15 is 0 Å². The smallest absolute Gasteiger partial charge is 0.124 e. The van der Waals surface area contributed by atoms with E-state index in [0.29, 0.717) is 11.4 Å². The van der Waals surface area contributed by atoms with Crippen LogP contribution in [0.2, 0.25) is 5.02 Å². The van der Waals surface area contributed by atoms with Crippen LogP contribution in [0.1, 0.15) is 29.7 Å². The van der Waals surface area contributed by atoms with Crippen molar-refractivity contribution in [3.63, 3.8) is 0 Å². The van der Waals surface area contributed by atoms with Gasteiger partial charge in [0.2, 0.25) is 0 Å². The lowest BCUT2D eigenvalue weighted by molar-refractivity contribution is 0.625. The van der Waals surface area contributed by atoms with Gasteiger partial charge in [-0.05, 0) is 41.7 Å². The molecule has 0 aliphatic heterocycles. The fourth-order valence-electron chi connectivity index (χ4n) is 2.04. The minimum Gasteiger partial charge on any atom is -0.324 e. The van der Waals surface area contributed by atoms with Gasteiger partial charge in [0.05, 0.1) is 0 Å². The van der Waals surface area contributed by atoms with Crippen molar-refractivity contribution in [3.8, 4) is 0 Å². The van der Waals surface area contributed by atoms with Gasteiger partial charge in [-0.25, -0.2) is 4.39 Å². The molecular formula is C16H17ClFN. The normalized spacial score (nSPS) is 12.4. The van der Waals surface area contributed by atoms with Gasteiger partial charge in [0.15, 0.2) is 0 Å². The number of nitrogens with two attached hydrogens (primary N) is 1. The summed E-state index contributed by atoms with van der Waals surface area (Å²) < 4.78 is 13.0. The van der Waals surface area contributed by atoms with Crippen molar-refractivity contribution in [1.82, 2.24) is 0 Å². The summed E-state index contributed by atoms with van der Waals surface area (Å²) in [4.78, 5) is 0. The Morgan fingerprint density at radius 1 is 1.16 bits per heavy atom. The van der Waals surface area contributed by atoms with Gasteiger partial charge < -0.3 is 5.73 Å². The molecule has 0 heterocycles. The standard InChI is InChI=1S/C16H17ClFN/c1-2-11-3-5-12(6-4-11)16(19)9-13-7-8-14(18)10-15(13)17/h3-8,10,16H,2,9,19H2,1H3. The highest BCUT2D eigenvalue weighted by atomic mass is 35.5. The molecule has 0 aromatic heterocycles. The van der Waals surface area contributed by atoms with Gasteiger partial charge in [-0.15, -0.1) is 0 Å². The van der Waals surface area contributed by atoms with E-state index in [0.717, 1.165) is 17.5 Å². The lowest BCUT2D eigenvalue weighted by Gasteiger charge is -2.13. The van der Waals surface area contributed by atoms with Gasteiger partial charge in [-0.3, -0.25) is 0 Å². The molecule has 0 bridgehead atoms. The quantitative estimate of drug-likeness (QED) is 0.887. The summed E-state index contributed by atoms with van der Waals surface area (Å²) in [5.74, 6) is -0.324. The molecule has 0 aliphatic carbocycles. The molecule has 1 atom stereocenters. The number of hydrogen-bond acceptors (Lipinski definition) is 1. The van der Waals surface area contributed by atoms with Crippen LogP contribution in [0.4, 0.5) is 4.39 Å². The highest BCUT2D eigenvalue weighted by Gasteiger charge is 2.10. The van der Waals surface area contributed by atoms with Crippen molar-refractivity contribution in [1.29, 1.82) is 0 Å². The van der Waals surface area contributed by atoms with Crippen LogP contribution in [0.15, 0.2) is 42.5 Å². The zero-order chi connectivity index (χ0) is 13.8. The Hall–Kier alpha value is -1.38. The Morgan fingerprint density at radius 2 is 1.84 bits per heavy atom. The van der Waals surface area contributed by atoms with Crippen molar-refractivity contribution in [3.05, 3.63) is 70.0 Å². The zero-order valence-corrected chi connectivity index (χ0v) is 11.6. The van der Waals surface area contributed by atoms with Gasteiger partial charge in [-0.2, -0.15) is 0 Å². The lowest BCUT2D eigenvalue weighted by atomic mass is 9.98. The lowest BCUT2D eigenvalue weighted by Crippen LogP contribution is -2.13. The van der Waals surface area contributed by atoms with Crippen molar-refractivity contribution in [2.75, 3.05) is 0 Å². The number of benzene rings is 2. The third kappa shape index (κ3) is 3.55. The molecule has 2 aromatic carbocycles. The van der Waals surface area contributed by atoms with Crippen molar-refractivity contribution in [2.24, 2.45) is 5.73 Å². The summed E-state index contributed by atoms with van der Waals surface area (Å²) in [7, 11) is 0. The molecule has 0 spiro atoms. The molecule has 0 amide bonds. The maximum absolute atomic E-state index is 13.0. The van der Waals surface area contributed by atoms with E-state index in [2.05, 4.69) is 19.1 Å². The van der Waals surface area contributed by atoms with Crippen molar-refractivity contribution >= 4 is 11.6 Å². The second-order valence-electron chi connectivity index (χ2n) is 4.64. The molecule has 0 fully saturated rings. The minimum absolute atomic E-state index is 0.131. The summed E-state index contributed by atoms with van der Waals surface area (Å²) in [5, 5.41) is 0.431. The SMILES string of the molecule is CCc1ccc(C(N)Cc2ccc(F)cc2Cl)cc1. The second-order valence-corrected chi connectivity index (χ2v) is 5.05. The Morgan fingerprint density at radius 3 is 2.42 bits per heavy atom. The Bertz CT molecular complexity index is 551. The number of hydrogen-bond donors (Lipinski definition) is 1. The summed E-state index contributed by atoms with van der Waals surface area (Å²) >= 11 is 6.01. The van der Waals surface area contributed by atoms with E-state index < -0.39 is 0 Å². The van der Waals surface area contributed by atoms with Crippen molar-refractivity contribution < 1.29 is 4.39 Å². The summed E-state index contributed by atoms with van der Waals surface area (Å²) in [6.07, 6.45) is 1.61. The third-order valence-corrected chi connectivity index (χ3v) is 3.62. The largest absolute Gasteiger partial charge is 0.324 e. The number of halogens is 2. The Labute approximate surface area is 118 Å². The van der Waals surface area contributed by atoms with E-state index in [4.69, 9.17) is 17.3 Å². The molecule has 2 N–H and O–H groups in total. The topological polar surface area (TPSA) is 26.0 Å². The molecule has 0 aliphatic rings. The first-order valence-corrected chi connectivity index (χ1v) is 6.76. The predicted molar refractivity (Wildman–Crippen MR) is 77.9 cm³/mol. The second kappa shape index (κ2) is 6.18. The van der Waals surface area contributed by atoms with Gasteiger partial charge in [0, 0.05) is 11.1 Å². The molecule has 100 valence electrons. The molecule has 19 heavy (non-hydrogen) atoms. The summed E-state index contributed by atoms with van der Waals surface area (Å²) in [6, 6.07) is 12.6. The molecule has 0 radical (unpaired) electrons.